The lowest BCUT2D eigenvalue weighted by Gasteiger charge is -2.23. The molecule has 1 aromatic carbocycles. The van der Waals surface area contributed by atoms with Gasteiger partial charge in [0.25, 0.3) is 0 Å². The summed E-state index contributed by atoms with van der Waals surface area (Å²) >= 11 is 0. The Kier molecular flexibility index (Phi) is 9.41. The normalized spacial score (nSPS) is 17.2. The van der Waals surface area contributed by atoms with Gasteiger partial charge in [0.05, 0.1) is 19.3 Å². The van der Waals surface area contributed by atoms with E-state index in [1.807, 2.05) is 27.0 Å². The van der Waals surface area contributed by atoms with E-state index >= 15 is 0 Å². The van der Waals surface area contributed by atoms with Crippen molar-refractivity contribution in [2.24, 2.45) is 10.9 Å². The van der Waals surface area contributed by atoms with Crippen LogP contribution in [-0.2, 0) is 0 Å². The van der Waals surface area contributed by atoms with Gasteiger partial charge in [-0.3, -0.25) is 4.99 Å². The summed E-state index contributed by atoms with van der Waals surface area (Å²) in [5.74, 6) is 2.99. The van der Waals surface area contributed by atoms with E-state index < -0.39 is 0 Å². The third-order valence-electron chi connectivity index (χ3n) is 5.03. The average molecular weight is 391 g/mol. The summed E-state index contributed by atoms with van der Waals surface area (Å²) in [5.41, 5.74) is 1.14. The molecular formula is C22H38N4O2. The SMILES string of the molecule is CCOc1ccc(C(C)NC(=NC)NCC(C)CN2CCCC2)cc1OCC. The first-order valence-corrected chi connectivity index (χ1v) is 10.7. The van der Waals surface area contributed by atoms with Crippen LogP contribution >= 0.6 is 0 Å². The highest BCUT2D eigenvalue weighted by Gasteiger charge is 2.16. The second-order valence-corrected chi connectivity index (χ2v) is 7.50. The number of hydrogen-bond donors (Lipinski definition) is 2. The van der Waals surface area contributed by atoms with Gasteiger partial charge in [-0.25, -0.2) is 0 Å². The Morgan fingerprint density at radius 3 is 2.43 bits per heavy atom. The van der Waals surface area contributed by atoms with Gasteiger partial charge >= 0.3 is 0 Å². The van der Waals surface area contributed by atoms with Gasteiger partial charge < -0.3 is 25.0 Å². The van der Waals surface area contributed by atoms with Crippen LogP contribution in [0.5, 0.6) is 11.5 Å². The average Bonchev–Trinajstić information content (AvgIpc) is 3.19. The molecule has 1 aliphatic heterocycles. The molecule has 6 nitrogen and oxygen atoms in total. The minimum Gasteiger partial charge on any atom is -0.490 e. The van der Waals surface area contributed by atoms with E-state index in [-0.39, 0.29) is 6.04 Å². The molecule has 2 N–H and O–H groups in total. The lowest BCUT2D eigenvalue weighted by molar-refractivity contribution is 0.287. The number of likely N-dealkylation sites (tertiary alicyclic amines) is 1. The number of rotatable bonds is 10. The van der Waals surface area contributed by atoms with Crippen molar-refractivity contribution in [2.45, 2.75) is 46.6 Å². The molecule has 6 heteroatoms. The molecule has 0 spiro atoms. The largest absolute Gasteiger partial charge is 0.490 e. The van der Waals surface area contributed by atoms with Crippen LogP contribution in [0.1, 0.15) is 52.1 Å². The summed E-state index contributed by atoms with van der Waals surface area (Å²) < 4.78 is 11.4. The van der Waals surface area contributed by atoms with Crippen LogP contribution in [0.4, 0.5) is 0 Å². The van der Waals surface area contributed by atoms with E-state index in [9.17, 15) is 0 Å². The molecule has 0 aliphatic carbocycles. The topological polar surface area (TPSA) is 58.1 Å². The van der Waals surface area contributed by atoms with Crippen LogP contribution < -0.4 is 20.1 Å². The molecule has 2 unspecified atom stereocenters. The molecule has 1 saturated heterocycles. The van der Waals surface area contributed by atoms with Gasteiger partial charge in [-0.15, -0.1) is 0 Å². The molecule has 0 bridgehead atoms. The fraction of sp³-hybridized carbons (Fsp3) is 0.682. The Morgan fingerprint density at radius 1 is 1.11 bits per heavy atom. The van der Waals surface area contributed by atoms with Gasteiger partial charge in [0.2, 0.25) is 0 Å². The lowest BCUT2D eigenvalue weighted by atomic mass is 10.1. The van der Waals surface area contributed by atoms with Crippen molar-refractivity contribution in [3.05, 3.63) is 23.8 Å². The quantitative estimate of drug-likeness (QED) is 0.473. The van der Waals surface area contributed by atoms with E-state index in [2.05, 4.69) is 46.5 Å². The molecule has 1 fully saturated rings. The predicted molar refractivity (Wildman–Crippen MR) is 117 cm³/mol. The minimum absolute atomic E-state index is 0.106. The van der Waals surface area contributed by atoms with Crippen molar-refractivity contribution in [1.82, 2.24) is 15.5 Å². The molecule has 1 aromatic rings. The van der Waals surface area contributed by atoms with Crippen LogP contribution in [0.2, 0.25) is 0 Å². The number of benzene rings is 1. The first-order valence-electron chi connectivity index (χ1n) is 10.7. The standard InChI is InChI=1S/C22H38N4O2/c1-6-27-20-11-10-19(14-21(20)28-7-2)18(4)25-22(23-5)24-15-17(3)16-26-12-8-9-13-26/h10-11,14,17-18H,6-9,12-13,15-16H2,1-5H3,(H2,23,24,25). The minimum atomic E-state index is 0.106. The molecule has 1 aliphatic rings. The highest BCUT2D eigenvalue weighted by Crippen LogP contribution is 2.30. The van der Waals surface area contributed by atoms with E-state index in [0.717, 1.165) is 36.1 Å². The van der Waals surface area contributed by atoms with Crippen LogP contribution in [-0.4, -0.2) is 57.3 Å². The van der Waals surface area contributed by atoms with Crippen LogP contribution in [0.15, 0.2) is 23.2 Å². The van der Waals surface area contributed by atoms with Crippen molar-refractivity contribution in [1.29, 1.82) is 0 Å². The maximum atomic E-state index is 5.75. The summed E-state index contributed by atoms with van der Waals surface area (Å²) in [6.45, 7) is 14.2. The van der Waals surface area contributed by atoms with Crippen LogP contribution in [0.3, 0.4) is 0 Å². The zero-order chi connectivity index (χ0) is 20.4. The fourth-order valence-electron chi connectivity index (χ4n) is 3.56. The Labute approximate surface area is 170 Å². The molecule has 2 rings (SSSR count). The van der Waals surface area contributed by atoms with Gasteiger partial charge in [0.1, 0.15) is 0 Å². The maximum Gasteiger partial charge on any atom is 0.191 e. The van der Waals surface area contributed by atoms with Gasteiger partial charge in [-0.05, 0) is 70.3 Å². The molecule has 0 aromatic heterocycles. The number of guanidine groups is 1. The Balaban J connectivity index is 1.89. The molecule has 28 heavy (non-hydrogen) atoms. The molecule has 0 saturated carbocycles. The van der Waals surface area contributed by atoms with E-state index in [0.29, 0.717) is 19.1 Å². The van der Waals surface area contributed by atoms with Gasteiger partial charge in [0, 0.05) is 20.1 Å². The third kappa shape index (κ3) is 6.89. The molecule has 2 atom stereocenters. The van der Waals surface area contributed by atoms with Gasteiger partial charge in [0.15, 0.2) is 17.5 Å². The molecular weight excluding hydrogens is 352 g/mol. The van der Waals surface area contributed by atoms with Crippen molar-refractivity contribution in [3.8, 4) is 11.5 Å². The first kappa shape index (κ1) is 22.3. The van der Waals surface area contributed by atoms with Crippen molar-refractivity contribution >= 4 is 5.96 Å². The number of nitrogens with zero attached hydrogens (tertiary/aromatic N) is 2. The van der Waals surface area contributed by atoms with E-state index in [4.69, 9.17) is 9.47 Å². The highest BCUT2D eigenvalue weighted by atomic mass is 16.5. The van der Waals surface area contributed by atoms with E-state index in [1.165, 1.54) is 25.9 Å². The van der Waals surface area contributed by atoms with Crippen LogP contribution in [0, 0.1) is 5.92 Å². The summed E-state index contributed by atoms with van der Waals surface area (Å²) in [5, 5.41) is 6.95. The third-order valence-corrected chi connectivity index (χ3v) is 5.03. The summed E-state index contributed by atoms with van der Waals surface area (Å²) in [7, 11) is 1.82. The number of ether oxygens (including phenoxy) is 2. The smallest absolute Gasteiger partial charge is 0.191 e. The molecule has 0 amide bonds. The second-order valence-electron chi connectivity index (χ2n) is 7.50. The first-order chi connectivity index (χ1) is 13.6. The summed E-state index contributed by atoms with van der Waals surface area (Å²) in [6, 6.07) is 6.22. The zero-order valence-corrected chi connectivity index (χ0v) is 18.3. The molecule has 0 radical (unpaired) electrons. The number of nitrogens with one attached hydrogen (secondary N) is 2. The van der Waals surface area contributed by atoms with E-state index in [1.54, 1.807) is 0 Å². The number of hydrogen-bond acceptors (Lipinski definition) is 4. The van der Waals surface area contributed by atoms with Crippen LogP contribution in [0.25, 0.3) is 0 Å². The van der Waals surface area contributed by atoms with Gasteiger partial charge in [-0.2, -0.15) is 0 Å². The second kappa shape index (κ2) is 11.8. The summed E-state index contributed by atoms with van der Waals surface area (Å²) in [6.07, 6.45) is 2.68. The Bertz CT molecular complexity index is 615. The Hall–Kier alpha value is -1.95. The monoisotopic (exact) mass is 390 g/mol. The predicted octanol–water partition coefficient (Wildman–Crippen LogP) is 3.44. The maximum absolute atomic E-state index is 5.75. The Morgan fingerprint density at radius 2 is 1.79 bits per heavy atom. The zero-order valence-electron chi connectivity index (χ0n) is 18.3. The molecule has 158 valence electrons. The van der Waals surface area contributed by atoms with Crippen molar-refractivity contribution in [3.63, 3.8) is 0 Å². The van der Waals surface area contributed by atoms with Gasteiger partial charge in [-0.1, -0.05) is 13.0 Å². The number of aliphatic imine (C=N–C) groups is 1. The lowest BCUT2D eigenvalue weighted by Crippen LogP contribution is -2.42. The summed E-state index contributed by atoms with van der Waals surface area (Å²) in [4.78, 5) is 6.94. The van der Waals surface area contributed by atoms with Crippen molar-refractivity contribution in [2.75, 3.05) is 46.4 Å². The van der Waals surface area contributed by atoms with Crippen molar-refractivity contribution < 1.29 is 9.47 Å². The fourth-order valence-corrected chi connectivity index (χ4v) is 3.56. The molecule has 1 heterocycles. The highest BCUT2D eigenvalue weighted by molar-refractivity contribution is 5.80.